The Morgan fingerprint density at radius 1 is 0.714 bits per heavy atom. The van der Waals surface area contributed by atoms with E-state index in [4.69, 9.17) is 5.41 Å². The number of rotatable bonds is 13. The van der Waals surface area contributed by atoms with Crippen LogP contribution in [-0.2, 0) is 10.8 Å². The first-order valence-corrected chi connectivity index (χ1v) is 17.8. The first kappa shape index (κ1) is 37.8. The molecule has 246 valence electrons. The molecular formula is C45H51CsN3+. The Balaban J connectivity index is 0.00000468. The number of unbranched alkanes of at least 4 members (excludes halogenated alkanes) is 4. The van der Waals surface area contributed by atoms with Crippen molar-refractivity contribution in [1.29, 1.82) is 5.41 Å². The van der Waals surface area contributed by atoms with Crippen LogP contribution >= 0.6 is 0 Å². The molecule has 0 saturated carbocycles. The minimum Gasteiger partial charge on any atom is -0.344 e. The predicted octanol–water partition coefficient (Wildman–Crippen LogP) is 8.55. The van der Waals surface area contributed by atoms with E-state index in [2.05, 4.69) is 159 Å². The maximum absolute atomic E-state index is 7.38. The molecule has 0 aliphatic carbocycles. The molecule has 0 aromatic heterocycles. The summed E-state index contributed by atoms with van der Waals surface area (Å²) in [6, 6.07) is 26.7. The largest absolute Gasteiger partial charge is 1.00 e. The van der Waals surface area contributed by atoms with Gasteiger partial charge in [-0.2, -0.15) is 11.0 Å². The number of nitrogens with zero attached hydrogens (tertiary/aromatic N) is 2. The van der Waals surface area contributed by atoms with E-state index in [-0.39, 0.29) is 79.7 Å². The number of fused-ring (bicyclic) bond motifs is 6. The molecule has 2 aliphatic heterocycles. The van der Waals surface area contributed by atoms with Gasteiger partial charge < -0.3 is 17.2 Å². The summed E-state index contributed by atoms with van der Waals surface area (Å²) < 4.78 is 2.54. The summed E-state index contributed by atoms with van der Waals surface area (Å²) in [5, 5.41) is 12.7. The van der Waals surface area contributed by atoms with Gasteiger partial charge in [0.15, 0.2) is 5.71 Å². The number of nitrogens with one attached hydrogen (secondary N) is 1. The second kappa shape index (κ2) is 16.7. The maximum atomic E-state index is 7.38. The van der Waals surface area contributed by atoms with E-state index < -0.39 is 0 Å². The van der Waals surface area contributed by atoms with Crippen molar-refractivity contribution >= 4 is 44.8 Å². The van der Waals surface area contributed by atoms with E-state index in [0.29, 0.717) is 0 Å². The zero-order valence-electron chi connectivity index (χ0n) is 30.3. The fourth-order valence-electron chi connectivity index (χ4n) is 8.00. The van der Waals surface area contributed by atoms with Gasteiger partial charge in [-0.05, 0) is 84.6 Å². The Kier molecular flexibility index (Phi) is 12.9. The summed E-state index contributed by atoms with van der Waals surface area (Å²) in [5.74, 6) is 0. The third-order valence-electron chi connectivity index (χ3n) is 10.3. The molecule has 49 heavy (non-hydrogen) atoms. The van der Waals surface area contributed by atoms with Crippen LogP contribution in [0.15, 0.2) is 121 Å². The standard InChI is InChI=1S/C45H51N3.Cs/c1-6-7-32-47-38-29-27-34-21-15-17-23-36(34)42(38)44(2,3)40(47)25-13-9-8-10-14-26-41-45(4,5)43-37-24-18-16-22-35(37)28-30-39(43)48(41)33-20-12-11-19-31-46;/h8-10,13-18,21-31,46H,1,6-7,11-12,19-20,32-33H2,2-5H3;/q;+1. The summed E-state index contributed by atoms with van der Waals surface area (Å²) in [6.07, 6.45) is 23.2. The average Bonchev–Trinajstić information content (AvgIpc) is 3.45. The van der Waals surface area contributed by atoms with Gasteiger partial charge in [-0.15, -0.1) is 0 Å². The number of anilines is 1. The summed E-state index contributed by atoms with van der Waals surface area (Å²) in [4.78, 5) is 2.51. The van der Waals surface area contributed by atoms with Crippen molar-refractivity contribution < 1.29 is 73.5 Å². The van der Waals surface area contributed by atoms with Crippen molar-refractivity contribution in [1.82, 2.24) is 0 Å². The minimum atomic E-state index is -0.111. The summed E-state index contributed by atoms with van der Waals surface area (Å²) >= 11 is 0. The van der Waals surface area contributed by atoms with E-state index in [1.54, 1.807) is 0 Å². The van der Waals surface area contributed by atoms with Crippen LogP contribution in [0.2, 0.25) is 0 Å². The molecule has 6 rings (SSSR count). The van der Waals surface area contributed by atoms with Crippen molar-refractivity contribution in [2.24, 2.45) is 0 Å². The van der Waals surface area contributed by atoms with E-state index in [0.717, 1.165) is 51.6 Å². The van der Waals surface area contributed by atoms with Crippen molar-refractivity contribution in [2.75, 3.05) is 18.0 Å². The molecule has 0 saturated heterocycles. The smallest absolute Gasteiger partial charge is 0.344 e. The molecular weight excluding hydrogens is 715 g/mol. The van der Waals surface area contributed by atoms with Crippen LogP contribution in [0.3, 0.4) is 0 Å². The molecule has 1 N–H and O–H groups in total. The van der Waals surface area contributed by atoms with Gasteiger partial charge in [0.05, 0.1) is 5.41 Å². The van der Waals surface area contributed by atoms with Crippen LogP contribution in [0, 0.1) is 12.3 Å². The van der Waals surface area contributed by atoms with Crippen molar-refractivity contribution in [3.05, 3.63) is 139 Å². The molecule has 0 atom stereocenters. The van der Waals surface area contributed by atoms with Crippen molar-refractivity contribution in [2.45, 2.75) is 77.0 Å². The topological polar surface area (TPSA) is 30.1 Å². The van der Waals surface area contributed by atoms with E-state index in [1.165, 1.54) is 61.7 Å². The Morgan fingerprint density at radius 2 is 1.37 bits per heavy atom. The Bertz CT molecular complexity index is 1970. The normalized spacial score (nSPS) is 17.2. The second-order valence-corrected chi connectivity index (χ2v) is 14.2. The maximum Gasteiger partial charge on any atom is 1.00 e. The van der Waals surface area contributed by atoms with Crippen LogP contribution < -0.4 is 73.8 Å². The number of allylic oxidation sites excluding steroid dienone is 8. The van der Waals surface area contributed by atoms with Gasteiger partial charge in [-0.25, -0.2) is 0 Å². The van der Waals surface area contributed by atoms with Crippen LogP contribution in [0.1, 0.15) is 77.3 Å². The molecule has 0 unspecified atom stereocenters. The summed E-state index contributed by atoms with van der Waals surface area (Å²) in [7, 11) is 0. The van der Waals surface area contributed by atoms with Crippen molar-refractivity contribution in [3.8, 4) is 0 Å². The molecule has 4 heteroatoms. The molecule has 0 bridgehead atoms. The Hall–Kier alpha value is -2.45. The van der Waals surface area contributed by atoms with E-state index >= 15 is 0 Å². The molecule has 4 aromatic carbocycles. The molecule has 4 aromatic rings. The number of hydrogen-bond donors (Lipinski definition) is 1. The van der Waals surface area contributed by atoms with Gasteiger partial charge in [0.25, 0.3) is 0 Å². The fraction of sp³-hybridized carbons (Fsp3) is 0.311. The third kappa shape index (κ3) is 7.61. The zero-order valence-corrected chi connectivity index (χ0v) is 36.6. The third-order valence-corrected chi connectivity index (χ3v) is 10.3. The molecule has 0 spiro atoms. The molecule has 2 aliphatic rings. The van der Waals surface area contributed by atoms with Gasteiger partial charge in [0.1, 0.15) is 6.54 Å². The van der Waals surface area contributed by atoms with E-state index in [9.17, 15) is 0 Å². The van der Waals surface area contributed by atoms with E-state index in [1.807, 2.05) is 0 Å². The second-order valence-electron chi connectivity index (χ2n) is 14.2. The zero-order chi connectivity index (χ0) is 33.7. The van der Waals surface area contributed by atoms with Gasteiger partial charge in [0, 0.05) is 47.5 Å². The van der Waals surface area contributed by atoms with Gasteiger partial charge in [-0.3, -0.25) is 0 Å². The first-order valence-electron chi connectivity index (χ1n) is 17.8. The molecule has 2 heterocycles. The first-order chi connectivity index (χ1) is 23.3. The summed E-state index contributed by atoms with van der Waals surface area (Å²) in [6.45, 7) is 15.5. The van der Waals surface area contributed by atoms with Gasteiger partial charge >= 0.3 is 68.9 Å². The van der Waals surface area contributed by atoms with Crippen LogP contribution in [0.4, 0.5) is 11.4 Å². The van der Waals surface area contributed by atoms with Crippen LogP contribution in [0.25, 0.3) is 21.5 Å². The fourth-order valence-corrected chi connectivity index (χ4v) is 8.00. The molecule has 0 radical (unpaired) electrons. The van der Waals surface area contributed by atoms with Gasteiger partial charge in [-0.1, -0.05) is 105 Å². The van der Waals surface area contributed by atoms with Crippen LogP contribution in [-0.4, -0.2) is 29.6 Å². The molecule has 3 nitrogen and oxygen atoms in total. The number of hydrogen-bond acceptors (Lipinski definition) is 2. The summed E-state index contributed by atoms with van der Waals surface area (Å²) in [5.41, 5.74) is 7.98. The number of benzene rings is 4. The SMILES string of the molecule is [CH2-]CCCN1/C(=C/C=C/C=C/C=C/C2=[N+](CCCCCC=N)c3ccc4ccccc4c3C2(C)C)C(C)(C)c2c1ccc1ccccc21.[Cs+]. The predicted molar refractivity (Wildman–Crippen MR) is 208 cm³/mol. The average molecular weight is 767 g/mol. The quantitative estimate of drug-likeness (QED) is 0.0478. The van der Waals surface area contributed by atoms with Gasteiger partial charge in [0.2, 0.25) is 5.69 Å². The van der Waals surface area contributed by atoms with Crippen LogP contribution in [0.5, 0.6) is 0 Å². The minimum absolute atomic E-state index is 0. The Labute approximate surface area is 353 Å². The molecule has 0 fully saturated rings. The molecule has 0 amide bonds. The Morgan fingerprint density at radius 3 is 2.08 bits per heavy atom. The van der Waals surface area contributed by atoms with Crippen molar-refractivity contribution in [3.63, 3.8) is 0 Å². The monoisotopic (exact) mass is 766 g/mol.